The van der Waals surface area contributed by atoms with E-state index in [2.05, 4.69) is 53.4 Å². The molecule has 3 heteroatoms. The molecule has 0 rings (SSSR count). The quantitative estimate of drug-likeness (QED) is 0.425. The Hall–Kier alpha value is -0.383. The summed E-state index contributed by atoms with van der Waals surface area (Å²) in [7, 11) is -1.72. The lowest BCUT2D eigenvalue weighted by Crippen LogP contribution is -2.43. The Morgan fingerprint density at radius 3 is 2.39 bits per heavy atom. The molecule has 1 atom stereocenters. The van der Waals surface area contributed by atoms with Gasteiger partial charge in [0, 0.05) is 6.61 Å². The Kier molecular flexibility index (Phi) is 7.11. The molecule has 1 N–H and O–H groups in total. The fraction of sp³-hybridized carbons (Fsp3) is 0.733. The van der Waals surface area contributed by atoms with Gasteiger partial charge in [0.2, 0.25) is 0 Å². The summed E-state index contributed by atoms with van der Waals surface area (Å²) in [6, 6.07) is 0. The Morgan fingerprint density at radius 2 is 1.94 bits per heavy atom. The van der Waals surface area contributed by atoms with Crippen LogP contribution in [0.3, 0.4) is 0 Å². The fourth-order valence-corrected chi connectivity index (χ4v) is 2.66. The first-order valence-corrected chi connectivity index (χ1v) is 9.66. The molecule has 0 aromatic heterocycles. The number of hydrogen-bond acceptors (Lipinski definition) is 2. The Labute approximate surface area is 114 Å². The second kappa shape index (κ2) is 7.27. The van der Waals surface area contributed by atoms with Gasteiger partial charge in [-0.05, 0) is 43.5 Å². The molecule has 0 aromatic rings. The molecule has 18 heavy (non-hydrogen) atoms. The topological polar surface area (TPSA) is 29.5 Å². The van der Waals surface area contributed by atoms with Gasteiger partial charge in [-0.15, -0.1) is 0 Å². The maximum atomic E-state index is 8.71. The summed E-state index contributed by atoms with van der Waals surface area (Å²) in [4.78, 5) is 0. The molecule has 0 spiro atoms. The van der Waals surface area contributed by atoms with Crippen molar-refractivity contribution in [2.75, 3.05) is 6.61 Å². The molecular weight excluding hydrogens is 240 g/mol. The molecule has 0 radical (unpaired) electrons. The van der Waals surface area contributed by atoms with Gasteiger partial charge in [0.1, 0.15) is 0 Å². The van der Waals surface area contributed by atoms with Crippen molar-refractivity contribution in [3.8, 4) is 0 Å². The van der Waals surface area contributed by atoms with Crippen LogP contribution < -0.4 is 0 Å². The van der Waals surface area contributed by atoms with Crippen molar-refractivity contribution in [2.24, 2.45) is 0 Å². The first kappa shape index (κ1) is 17.6. The van der Waals surface area contributed by atoms with E-state index in [9.17, 15) is 0 Å². The van der Waals surface area contributed by atoms with Crippen LogP contribution in [0.4, 0.5) is 0 Å². The molecule has 0 aliphatic carbocycles. The Morgan fingerprint density at radius 1 is 1.39 bits per heavy atom. The van der Waals surface area contributed by atoms with Crippen molar-refractivity contribution in [1.29, 1.82) is 0 Å². The van der Waals surface area contributed by atoms with E-state index in [1.165, 1.54) is 0 Å². The van der Waals surface area contributed by atoms with Crippen molar-refractivity contribution in [3.63, 3.8) is 0 Å². The molecular formula is C15H30O2Si. The summed E-state index contributed by atoms with van der Waals surface area (Å²) in [5, 5.41) is 8.93. The van der Waals surface area contributed by atoms with Crippen LogP contribution in [-0.4, -0.2) is 26.1 Å². The molecule has 0 aliphatic heterocycles. The number of hydrogen-bond donors (Lipinski definition) is 1. The number of rotatable bonds is 7. The lowest BCUT2D eigenvalue weighted by atomic mass is 10.1. The largest absolute Gasteiger partial charge is 0.410 e. The third-order valence-corrected chi connectivity index (χ3v) is 8.22. The summed E-state index contributed by atoms with van der Waals surface area (Å²) in [6.07, 6.45) is 5.84. The lowest BCUT2D eigenvalue weighted by Gasteiger charge is -2.38. The van der Waals surface area contributed by atoms with E-state index in [1.54, 1.807) is 0 Å². The smallest absolute Gasteiger partial charge is 0.192 e. The van der Waals surface area contributed by atoms with Gasteiger partial charge in [-0.2, -0.15) is 0 Å². The number of aliphatic hydroxyl groups is 1. The maximum Gasteiger partial charge on any atom is 0.192 e. The molecule has 0 aromatic carbocycles. The van der Waals surface area contributed by atoms with Crippen molar-refractivity contribution in [1.82, 2.24) is 0 Å². The second-order valence-electron chi connectivity index (χ2n) is 6.36. The highest BCUT2D eigenvalue weighted by molar-refractivity contribution is 6.74. The van der Waals surface area contributed by atoms with Crippen LogP contribution in [-0.2, 0) is 4.43 Å². The van der Waals surface area contributed by atoms with Crippen LogP contribution in [0.5, 0.6) is 0 Å². The van der Waals surface area contributed by atoms with Crippen molar-refractivity contribution in [3.05, 3.63) is 24.3 Å². The highest BCUT2D eigenvalue weighted by Gasteiger charge is 2.38. The minimum absolute atomic E-state index is 0.0660. The number of allylic oxidation sites excluding steroid dienone is 1. The van der Waals surface area contributed by atoms with E-state index >= 15 is 0 Å². The van der Waals surface area contributed by atoms with Crippen LogP contribution in [0.25, 0.3) is 0 Å². The molecule has 0 fully saturated rings. The van der Waals surface area contributed by atoms with Crippen LogP contribution in [0, 0.1) is 0 Å². The summed E-state index contributed by atoms with van der Waals surface area (Å²) in [5.74, 6) is 0. The van der Waals surface area contributed by atoms with Gasteiger partial charge in [0.05, 0.1) is 6.10 Å². The minimum atomic E-state index is -1.72. The standard InChI is InChI=1S/C15H30O2Si/c1-13(11-9-8-10-12-16)14(2)17-18(6,7)15(3,4)5/h9,11,14,16H,1,8,10,12H2,2-7H3/b11-9+. The first-order chi connectivity index (χ1) is 8.12. The zero-order chi connectivity index (χ0) is 14.4. The van der Waals surface area contributed by atoms with Crippen LogP contribution in [0.1, 0.15) is 40.5 Å². The van der Waals surface area contributed by atoms with E-state index in [-0.39, 0.29) is 17.7 Å². The molecule has 0 saturated carbocycles. The molecule has 1 unspecified atom stereocenters. The predicted molar refractivity (Wildman–Crippen MR) is 82.3 cm³/mol. The van der Waals surface area contributed by atoms with Gasteiger partial charge in [-0.3, -0.25) is 0 Å². The van der Waals surface area contributed by atoms with Crippen LogP contribution in [0.2, 0.25) is 18.1 Å². The normalized spacial score (nSPS) is 15.1. The van der Waals surface area contributed by atoms with Crippen LogP contribution in [0.15, 0.2) is 24.3 Å². The summed E-state index contributed by atoms with van der Waals surface area (Å²) in [6.45, 7) is 17.6. The maximum absolute atomic E-state index is 8.71. The van der Waals surface area contributed by atoms with Gasteiger partial charge in [0.25, 0.3) is 0 Å². The van der Waals surface area contributed by atoms with Crippen molar-refractivity contribution in [2.45, 2.75) is 64.8 Å². The SMILES string of the molecule is C=C(/C=C/CCCO)C(C)O[Si](C)(C)C(C)(C)C. The zero-order valence-electron chi connectivity index (χ0n) is 12.9. The molecule has 0 heterocycles. The summed E-state index contributed by atoms with van der Waals surface area (Å²) >= 11 is 0. The Balaban J connectivity index is 4.36. The van der Waals surface area contributed by atoms with E-state index in [0.29, 0.717) is 0 Å². The van der Waals surface area contributed by atoms with Crippen molar-refractivity contribution < 1.29 is 9.53 Å². The third kappa shape index (κ3) is 5.98. The van der Waals surface area contributed by atoms with Gasteiger partial charge < -0.3 is 9.53 Å². The van der Waals surface area contributed by atoms with E-state index in [4.69, 9.17) is 9.53 Å². The monoisotopic (exact) mass is 270 g/mol. The zero-order valence-corrected chi connectivity index (χ0v) is 13.9. The number of aliphatic hydroxyl groups excluding tert-OH is 1. The minimum Gasteiger partial charge on any atom is -0.410 e. The van der Waals surface area contributed by atoms with Crippen molar-refractivity contribution >= 4 is 8.32 Å². The second-order valence-corrected chi connectivity index (χ2v) is 11.1. The molecule has 0 bridgehead atoms. The highest BCUT2D eigenvalue weighted by Crippen LogP contribution is 2.37. The van der Waals surface area contributed by atoms with Gasteiger partial charge in [-0.1, -0.05) is 39.5 Å². The number of unbranched alkanes of at least 4 members (excludes halogenated alkanes) is 1. The van der Waals surface area contributed by atoms with E-state index in [0.717, 1.165) is 18.4 Å². The molecule has 2 nitrogen and oxygen atoms in total. The predicted octanol–water partition coefficient (Wildman–Crippen LogP) is 4.28. The third-order valence-electron chi connectivity index (χ3n) is 3.66. The van der Waals surface area contributed by atoms with Crippen LogP contribution >= 0.6 is 0 Å². The van der Waals surface area contributed by atoms with E-state index in [1.807, 2.05) is 6.08 Å². The van der Waals surface area contributed by atoms with Gasteiger partial charge in [-0.25, -0.2) is 0 Å². The molecule has 0 amide bonds. The van der Waals surface area contributed by atoms with Gasteiger partial charge in [0.15, 0.2) is 8.32 Å². The summed E-state index contributed by atoms with van der Waals surface area (Å²) < 4.78 is 6.26. The fourth-order valence-electron chi connectivity index (χ4n) is 1.27. The lowest BCUT2D eigenvalue weighted by molar-refractivity contribution is 0.236. The Bertz CT molecular complexity index is 287. The average Bonchev–Trinajstić information content (AvgIpc) is 2.21. The molecule has 0 aliphatic rings. The molecule has 0 saturated heterocycles. The van der Waals surface area contributed by atoms with E-state index < -0.39 is 8.32 Å². The highest BCUT2D eigenvalue weighted by atomic mass is 28.4. The first-order valence-electron chi connectivity index (χ1n) is 6.76. The summed E-state index contributed by atoms with van der Waals surface area (Å²) in [5.41, 5.74) is 1.01. The van der Waals surface area contributed by atoms with Gasteiger partial charge >= 0.3 is 0 Å². The average molecular weight is 270 g/mol. The molecule has 106 valence electrons.